The van der Waals surface area contributed by atoms with Crippen LogP contribution in [0, 0.1) is 24.7 Å². The minimum atomic E-state index is -0.397. The predicted molar refractivity (Wildman–Crippen MR) is 83.4 cm³/mol. The van der Waals surface area contributed by atoms with Gasteiger partial charge in [0, 0.05) is 11.7 Å². The summed E-state index contributed by atoms with van der Waals surface area (Å²) in [6.07, 6.45) is 6.10. The summed E-state index contributed by atoms with van der Waals surface area (Å²) in [6.45, 7) is 1.90. The minimum absolute atomic E-state index is 0.0558. The second-order valence-electron chi connectivity index (χ2n) is 7.76. The fourth-order valence-corrected chi connectivity index (χ4v) is 5.25. The van der Waals surface area contributed by atoms with Crippen molar-refractivity contribution < 1.29 is 9.90 Å². The second-order valence-corrected chi connectivity index (χ2v) is 7.76. The quantitative estimate of drug-likeness (QED) is 0.882. The van der Waals surface area contributed by atoms with Gasteiger partial charge in [0.05, 0.1) is 5.60 Å². The molecule has 1 heterocycles. The van der Waals surface area contributed by atoms with Gasteiger partial charge in [-0.1, -0.05) is 6.07 Å². The van der Waals surface area contributed by atoms with Crippen molar-refractivity contribution in [3.05, 3.63) is 29.6 Å². The van der Waals surface area contributed by atoms with Gasteiger partial charge in [0.25, 0.3) is 5.91 Å². The molecule has 0 spiro atoms. The maximum atomic E-state index is 12.4. The number of carbonyl (C=O) groups excluding carboxylic acids is 1. The predicted octanol–water partition coefficient (Wildman–Crippen LogP) is 2.45. The van der Waals surface area contributed by atoms with Crippen molar-refractivity contribution in [2.24, 2.45) is 17.8 Å². The third-order valence-corrected chi connectivity index (χ3v) is 5.92. The van der Waals surface area contributed by atoms with Crippen LogP contribution in [0.4, 0.5) is 0 Å². The third-order valence-electron chi connectivity index (χ3n) is 5.92. The number of nitrogens with zero attached hydrogens (tertiary/aromatic N) is 1. The Morgan fingerprint density at radius 1 is 1.23 bits per heavy atom. The van der Waals surface area contributed by atoms with Crippen LogP contribution in [0.2, 0.25) is 0 Å². The molecule has 3 saturated carbocycles. The zero-order chi connectivity index (χ0) is 15.3. The fraction of sp³-hybridized carbons (Fsp3) is 0.667. The zero-order valence-corrected chi connectivity index (χ0v) is 13.1. The largest absolute Gasteiger partial charge is 0.390 e. The van der Waals surface area contributed by atoms with E-state index in [1.807, 2.05) is 19.1 Å². The molecular weight excluding hydrogens is 276 g/mol. The Balaban J connectivity index is 1.47. The second kappa shape index (κ2) is 5.05. The molecule has 4 rings (SSSR count). The maximum absolute atomic E-state index is 12.4. The Morgan fingerprint density at radius 2 is 2.00 bits per heavy atom. The number of hydrogen-bond acceptors (Lipinski definition) is 3. The van der Waals surface area contributed by atoms with Crippen molar-refractivity contribution in [2.75, 3.05) is 0 Å². The molecule has 5 unspecified atom stereocenters. The highest BCUT2D eigenvalue weighted by molar-refractivity contribution is 5.92. The molecule has 0 radical (unpaired) electrons. The molecule has 2 N–H and O–H groups in total. The van der Waals surface area contributed by atoms with Gasteiger partial charge in [0.15, 0.2) is 0 Å². The molecule has 3 aliphatic carbocycles. The smallest absolute Gasteiger partial charge is 0.270 e. The number of pyridine rings is 1. The number of aromatic nitrogens is 1. The van der Waals surface area contributed by atoms with Gasteiger partial charge >= 0.3 is 0 Å². The summed E-state index contributed by atoms with van der Waals surface area (Å²) in [7, 11) is 0. The van der Waals surface area contributed by atoms with Crippen LogP contribution in [0.15, 0.2) is 18.2 Å². The molecule has 22 heavy (non-hydrogen) atoms. The van der Waals surface area contributed by atoms with Gasteiger partial charge in [-0.05, 0) is 75.3 Å². The van der Waals surface area contributed by atoms with Crippen LogP contribution in [0.3, 0.4) is 0 Å². The SMILES string of the molecule is Cc1cccc(C(=O)NC2CC3CC4CC(O)(C3)CC4C2)n1. The standard InChI is InChI=1S/C18H24N2O2/c1-11-3-2-4-16(19-11)17(21)20-15-6-12-5-13-9-18(22,8-12)10-14(13)7-15/h2-4,12-15,22H,5-10H2,1H3,(H,20,21). The maximum Gasteiger partial charge on any atom is 0.270 e. The summed E-state index contributed by atoms with van der Waals surface area (Å²) in [5, 5.41) is 13.8. The molecule has 3 fully saturated rings. The summed E-state index contributed by atoms with van der Waals surface area (Å²) in [6, 6.07) is 5.79. The van der Waals surface area contributed by atoms with E-state index in [9.17, 15) is 9.90 Å². The lowest BCUT2D eigenvalue weighted by Crippen LogP contribution is -2.40. The van der Waals surface area contributed by atoms with Crippen LogP contribution in [0.5, 0.6) is 0 Å². The monoisotopic (exact) mass is 300 g/mol. The first-order chi connectivity index (χ1) is 10.5. The van der Waals surface area contributed by atoms with Crippen LogP contribution in [-0.2, 0) is 0 Å². The van der Waals surface area contributed by atoms with Crippen molar-refractivity contribution in [1.29, 1.82) is 0 Å². The normalized spacial score (nSPS) is 39.5. The van der Waals surface area contributed by atoms with Crippen molar-refractivity contribution >= 4 is 5.91 Å². The summed E-state index contributed by atoms with van der Waals surface area (Å²) < 4.78 is 0. The van der Waals surface area contributed by atoms with Gasteiger partial charge in [-0.25, -0.2) is 4.98 Å². The molecule has 1 aromatic heterocycles. The third kappa shape index (κ3) is 2.54. The Bertz CT molecular complexity index is 599. The van der Waals surface area contributed by atoms with E-state index in [-0.39, 0.29) is 11.9 Å². The first-order valence-corrected chi connectivity index (χ1v) is 8.48. The fourth-order valence-electron chi connectivity index (χ4n) is 5.25. The summed E-state index contributed by atoms with van der Waals surface area (Å²) in [5.41, 5.74) is 0.983. The number of hydrogen-bond donors (Lipinski definition) is 2. The van der Waals surface area contributed by atoms with Gasteiger partial charge in [-0.3, -0.25) is 4.79 Å². The van der Waals surface area contributed by atoms with E-state index >= 15 is 0 Å². The number of fused-ring (bicyclic) bond motifs is 2. The number of nitrogens with one attached hydrogen (secondary N) is 1. The Labute approximate surface area is 131 Å². The lowest BCUT2D eigenvalue weighted by Gasteiger charge is -2.35. The first-order valence-electron chi connectivity index (χ1n) is 8.48. The zero-order valence-electron chi connectivity index (χ0n) is 13.1. The number of aliphatic hydroxyl groups is 1. The molecule has 5 atom stereocenters. The lowest BCUT2D eigenvalue weighted by atomic mass is 9.77. The van der Waals surface area contributed by atoms with Crippen LogP contribution in [0.1, 0.15) is 54.7 Å². The summed E-state index contributed by atoms with van der Waals surface area (Å²) >= 11 is 0. The Morgan fingerprint density at radius 3 is 2.77 bits per heavy atom. The van der Waals surface area contributed by atoms with Crippen LogP contribution >= 0.6 is 0 Å². The molecule has 4 heteroatoms. The van der Waals surface area contributed by atoms with E-state index in [0.717, 1.165) is 37.8 Å². The molecule has 4 nitrogen and oxygen atoms in total. The molecule has 0 aliphatic heterocycles. The lowest BCUT2D eigenvalue weighted by molar-refractivity contribution is -0.00668. The summed E-state index contributed by atoms with van der Waals surface area (Å²) in [4.78, 5) is 16.7. The molecule has 118 valence electrons. The van der Waals surface area contributed by atoms with Crippen LogP contribution < -0.4 is 5.32 Å². The first kappa shape index (κ1) is 14.2. The van der Waals surface area contributed by atoms with E-state index in [2.05, 4.69) is 10.3 Å². The molecule has 0 saturated heterocycles. The van der Waals surface area contributed by atoms with Crippen LogP contribution in [0.25, 0.3) is 0 Å². The minimum Gasteiger partial charge on any atom is -0.390 e. The van der Waals surface area contributed by atoms with Gasteiger partial charge in [-0.2, -0.15) is 0 Å². The highest BCUT2D eigenvalue weighted by atomic mass is 16.3. The average molecular weight is 300 g/mol. The highest BCUT2D eigenvalue weighted by Crippen LogP contribution is 2.55. The Hall–Kier alpha value is -1.42. The molecule has 3 bridgehead atoms. The van der Waals surface area contributed by atoms with Crippen molar-refractivity contribution in [2.45, 2.75) is 57.1 Å². The Kier molecular flexibility index (Phi) is 3.26. The van der Waals surface area contributed by atoms with Gasteiger partial charge in [0.2, 0.25) is 0 Å². The number of carbonyl (C=O) groups is 1. The van der Waals surface area contributed by atoms with Crippen molar-refractivity contribution in [1.82, 2.24) is 10.3 Å². The van der Waals surface area contributed by atoms with E-state index < -0.39 is 5.60 Å². The molecular formula is C18H24N2O2. The van der Waals surface area contributed by atoms with Gasteiger partial charge in [-0.15, -0.1) is 0 Å². The summed E-state index contributed by atoms with van der Waals surface area (Å²) in [5.74, 6) is 1.75. The van der Waals surface area contributed by atoms with E-state index in [1.165, 1.54) is 6.42 Å². The van der Waals surface area contributed by atoms with E-state index in [0.29, 0.717) is 23.4 Å². The molecule has 1 amide bonds. The number of aryl methyl sites for hydroxylation is 1. The van der Waals surface area contributed by atoms with Crippen molar-refractivity contribution in [3.8, 4) is 0 Å². The number of rotatable bonds is 2. The topological polar surface area (TPSA) is 62.2 Å². The van der Waals surface area contributed by atoms with Gasteiger partial charge < -0.3 is 10.4 Å². The highest BCUT2D eigenvalue weighted by Gasteiger charge is 2.52. The molecule has 3 aliphatic rings. The van der Waals surface area contributed by atoms with Gasteiger partial charge in [0.1, 0.15) is 5.69 Å². The van der Waals surface area contributed by atoms with Crippen LogP contribution in [-0.4, -0.2) is 27.6 Å². The molecule has 0 aromatic carbocycles. The average Bonchev–Trinajstić information content (AvgIpc) is 2.59. The van der Waals surface area contributed by atoms with Crippen molar-refractivity contribution in [3.63, 3.8) is 0 Å². The van der Waals surface area contributed by atoms with E-state index in [1.54, 1.807) is 6.07 Å². The number of amides is 1. The molecule has 1 aromatic rings. The van der Waals surface area contributed by atoms with E-state index in [4.69, 9.17) is 0 Å².